The maximum atomic E-state index is 12.1. The first-order chi connectivity index (χ1) is 9.03. The molecule has 0 aromatic heterocycles. The first-order valence-electron chi connectivity index (χ1n) is 5.34. The highest BCUT2D eigenvalue weighted by Crippen LogP contribution is 2.21. The van der Waals surface area contributed by atoms with Gasteiger partial charge in [-0.3, -0.25) is 4.72 Å². The van der Waals surface area contributed by atoms with E-state index >= 15 is 0 Å². The van der Waals surface area contributed by atoms with Crippen LogP contribution in [0.15, 0.2) is 53.4 Å². The van der Waals surface area contributed by atoms with E-state index in [1.54, 1.807) is 6.07 Å². The van der Waals surface area contributed by atoms with Crippen molar-refractivity contribution in [2.45, 2.75) is 4.90 Å². The van der Waals surface area contributed by atoms with E-state index in [2.05, 4.69) is 4.72 Å². The van der Waals surface area contributed by atoms with Gasteiger partial charge in [0.1, 0.15) is 16.7 Å². The summed E-state index contributed by atoms with van der Waals surface area (Å²) >= 11 is 0. The van der Waals surface area contributed by atoms with Crippen LogP contribution in [0.3, 0.4) is 0 Å². The van der Waals surface area contributed by atoms with Crippen LogP contribution >= 0.6 is 0 Å². The molecule has 96 valence electrons. The molecule has 19 heavy (non-hydrogen) atoms. The van der Waals surface area contributed by atoms with Crippen LogP contribution in [0.1, 0.15) is 5.56 Å². The number of anilines is 1. The molecule has 2 N–H and O–H groups in total. The predicted octanol–water partition coefficient (Wildman–Crippen LogP) is 2.06. The van der Waals surface area contributed by atoms with E-state index in [4.69, 9.17) is 5.26 Å². The first kappa shape index (κ1) is 12.9. The number of aromatic hydroxyl groups is 1. The smallest absolute Gasteiger partial charge is 0.263 e. The number of sulfonamides is 1. The Morgan fingerprint density at radius 2 is 1.84 bits per heavy atom. The summed E-state index contributed by atoms with van der Waals surface area (Å²) in [5.41, 5.74) is 0.294. The van der Waals surface area contributed by atoms with Crippen molar-refractivity contribution in [2.24, 2.45) is 0 Å². The molecule has 5 nitrogen and oxygen atoms in total. The Labute approximate surface area is 110 Å². The molecule has 2 rings (SSSR count). The number of phenols is 1. The minimum atomic E-state index is -3.86. The average molecular weight is 274 g/mol. The van der Waals surface area contributed by atoms with E-state index in [9.17, 15) is 13.5 Å². The maximum Gasteiger partial charge on any atom is 0.263 e. The van der Waals surface area contributed by atoms with E-state index < -0.39 is 10.0 Å². The van der Waals surface area contributed by atoms with Crippen LogP contribution in [0.2, 0.25) is 0 Å². The summed E-state index contributed by atoms with van der Waals surface area (Å²) in [6, 6.07) is 13.5. The number of hydrogen-bond acceptors (Lipinski definition) is 4. The van der Waals surface area contributed by atoms with Crippen molar-refractivity contribution in [1.29, 1.82) is 5.26 Å². The van der Waals surface area contributed by atoms with E-state index in [1.165, 1.54) is 42.5 Å². The van der Waals surface area contributed by atoms with Crippen LogP contribution in [-0.4, -0.2) is 13.5 Å². The molecule has 0 aliphatic heterocycles. The lowest BCUT2D eigenvalue weighted by atomic mass is 10.2. The fraction of sp³-hybridized carbons (Fsp3) is 0. The van der Waals surface area contributed by atoms with E-state index in [-0.39, 0.29) is 21.9 Å². The van der Waals surface area contributed by atoms with Gasteiger partial charge in [0.25, 0.3) is 10.0 Å². The second kappa shape index (κ2) is 5.00. The maximum absolute atomic E-state index is 12.1. The minimum Gasteiger partial charge on any atom is -0.508 e. The van der Waals surface area contributed by atoms with Crippen molar-refractivity contribution in [3.63, 3.8) is 0 Å². The number of nitrogens with zero attached hydrogens (tertiary/aromatic N) is 1. The van der Waals surface area contributed by atoms with Gasteiger partial charge in [-0.2, -0.15) is 5.26 Å². The molecule has 0 bridgehead atoms. The molecule has 0 saturated carbocycles. The van der Waals surface area contributed by atoms with Gasteiger partial charge in [0.2, 0.25) is 0 Å². The van der Waals surface area contributed by atoms with Gasteiger partial charge in [-0.25, -0.2) is 8.42 Å². The van der Waals surface area contributed by atoms with Gasteiger partial charge in [0.15, 0.2) is 0 Å². The number of rotatable bonds is 3. The topological polar surface area (TPSA) is 90.2 Å². The Morgan fingerprint density at radius 1 is 1.11 bits per heavy atom. The zero-order valence-electron chi connectivity index (χ0n) is 9.74. The molecule has 2 aromatic rings. The van der Waals surface area contributed by atoms with Gasteiger partial charge in [-0.15, -0.1) is 0 Å². The summed E-state index contributed by atoms with van der Waals surface area (Å²) in [7, 11) is -3.86. The molecular formula is C13H10N2O3S. The zero-order valence-corrected chi connectivity index (χ0v) is 10.6. The van der Waals surface area contributed by atoms with Crippen LogP contribution in [0.5, 0.6) is 5.75 Å². The summed E-state index contributed by atoms with van der Waals surface area (Å²) in [5.74, 6) is -0.0474. The highest BCUT2D eigenvalue weighted by atomic mass is 32.2. The van der Waals surface area contributed by atoms with Gasteiger partial charge >= 0.3 is 0 Å². The summed E-state index contributed by atoms with van der Waals surface area (Å²) in [6.07, 6.45) is 0. The van der Waals surface area contributed by atoms with Crippen LogP contribution in [0, 0.1) is 11.3 Å². The molecule has 0 amide bonds. The lowest BCUT2D eigenvalue weighted by molar-refractivity contribution is 0.475. The number of nitrogens with one attached hydrogen (secondary N) is 1. The Balaban J connectivity index is 2.41. The molecule has 0 heterocycles. The normalized spacial score (nSPS) is 10.7. The Bertz CT molecular complexity index is 748. The van der Waals surface area contributed by atoms with Crippen molar-refractivity contribution in [2.75, 3.05) is 4.72 Å². The fourth-order valence-electron chi connectivity index (χ4n) is 1.57. The Hall–Kier alpha value is -2.52. The Kier molecular flexibility index (Phi) is 3.40. The van der Waals surface area contributed by atoms with Crippen LogP contribution < -0.4 is 4.72 Å². The second-order valence-corrected chi connectivity index (χ2v) is 5.41. The number of phenolic OH excluding ortho intramolecular Hbond substituents is 1. The molecule has 6 heteroatoms. The third kappa shape index (κ3) is 2.84. The number of hydrogen-bond donors (Lipinski definition) is 2. The summed E-state index contributed by atoms with van der Waals surface area (Å²) in [6.45, 7) is 0. The van der Waals surface area contributed by atoms with Gasteiger partial charge < -0.3 is 5.11 Å². The quantitative estimate of drug-likeness (QED) is 0.896. The van der Waals surface area contributed by atoms with Gasteiger partial charge in [0.05, 0.1) is 11.3 Å². The average Bonchev–Trinajstić information content (AvgIpc) is 2.38. The molecule has 0 atom stereocenters. The van der Waals surface area contributed by atoms with Crippen molar-refractivity contribution in [3.8, 4) is 11.8 Å². The highest BCUT2D eigenvalue weighted by Gasteiger charge is 2.18. The molecule has 0 unspecified atom stereocenters. The molecule has 2 aromatic carbocycles. The van der Waals surface area contributed by atoms with Crippen molar-refractivity contribution in [1.82, 2.24) is 0 Å². The van der Waals surface area contributed by atoms with Gasteiger partial charge in [-0.1, -0.05) is 18.2 Å². The number of nitriles is 1. The predicted molar refractivity (Wildman–Crippen MR) is 70.1 cm³/mol. The highest BCUT2D eigenvalue weighted by molar-refractivity contribution is 7.92. The zero-order chi connectivity index (χ0) is 13.9. The monoisotopic (exact) mass is 274 g/mol. The van der Waals surface area contributed by atoms with Crippen molar-refractivity contribution >= 4 is 15.7 Å². The van der Waals surface area contributed by atoms with Gasteiger partial charge in [0, 0.05) is 6.07 Å². The molecule has 0 fully saturated rings. The third-order valence-electron chi connectivity index (χ3n) is 2.40. The van der Waals surface area contributed by atoms with Crippen LogP contribution in [0.4, 0.5) is 5.69 Å². The van der Waals surface area contributed by atoms with Crippen LogP contribution in [0.25, 0.3) is 0 Å². The minimum absolute atomic E-state index is 0.0474. The SMILES string of the molecule is N#Cc1ccccc1S(=O)(=O)Nc1cccc(O)c1. The largest absolute Gasteiger partial charge is 0.508 e. The molecule has 0 aliphatic carbocycles. The van der Waals surface area contributed by atoms with Crippen LogP contribution in [-0.2, 0) is 10.0 Å². The molecular weight excluding hydrogens is 264 g/mol. The summed E-state index contributed by atoms with van der Waals surface area (Å²) in [5, 5.41) is 18.2. The van der Waals surface area contributed by atoms with E-state index in [0.717, 1.165) is 0 Å². The van der Waals surface area contributed by atoms with Crippen molar-refractivity contribution in [3.05, 3.63) is 54.1 Å². The lowest BCUT2D eigenvalue weighted by Gasteiger charge is -2.09. The third-order valence-corrected chi connectivity index (χ3v) is 3.83. The lowest BCUT2D eigenvalue weighted by Crippen LogP contribution is -2.14. The molecule has 0 radical (unpaired) electrons. The second-order valence-electron chi connectivity index (χ2n) is 3.76. The summed E-state index contributed by atoms with van der Waals surface area (Å²) < 4.78 is 26.6. The summed E-state index contributed by atoms with van der Waals surface area (Å²) in [4.78, 5) is -0.0964. The standard InChI is InChI=1S/C13H10N2O3S/c14-9-10-4-1-2-7-13(10)19(17,18)15-11-5-3-6-12(16)8-11/h1-8,15-16H. The molecule has 0 aliphatic rings. The molecule has 0 spiro atoms. The van der Waals surface area contributed by atoms with E-state index in [0.29, 0.717) is 0 Å². The van der Waals surface area contributed by atoms with Crippen molar-refractivity contribution < 1.29 is 13.5 Å². The van der Waals surface area contributed by atoms with Gasteiger partial charge in [-0.05, 0) is 24.3 Å². The van der Waals surface area contributed by atoms with E-state index in [1.807, 2.05) is 6.07 Å². The molecule has 0 saturated heterocycles. The number of benzene rings is 2. The first-order valence-corrected chi connectivity index (χ1v) is 6.82. The fourth-order valence-corrected chi connectivity index (χ4v) is 2.78. The Morgan fingerprint density at radius 3 is 2.53 bits per heavy atom.